The molecule has 1 fully saturated rings. The summed E-state index contributed by atoms with van der Waals surface area (Å²) in [5.74, 6) is 0.877. The zero-order chi connectivity index (χ0) is 15.5. The number of aromatic amines is 1. The number of halogens is 2. The molecule has 2 unspecified atom stereocenters. The molecular weight excluding hydrogens is 351 g/mol. The molecular formula is C16H24Cl2N4O2. The number of rotatable bonds is 5. The zero-order valence-electron chi connectivity index (χ0n) is 13.5. The van der Waals surface area contributed by atoms with Crippen molar-refractivity contribution in [3.8, 4) is 0 Å². The van der Waals surface area contributed by atoms with E-state index in [-0.39, 0.29) is 36.8 Å². The van der Waals surface area contributed by atoms with Crippen molar-refractivity contribution in [2.75, 3.05) is 11.9 Å². The first-order valence-electron chi connectivity index (χ1n) is 7.86. The highest BCUT2D eigenvalue weighted by atomic mass is 35.5. The number of H-pyrrole nitrogens is 1. The Bertz CT molecular complexity index is 677. The number of aliphatic hydroxyl groups excluding tert-OH is 1. The van der Waals surface area contributed by atoms with E-state index in [1.807, 2.05) is 18.2 Å². The SMILES string of the molecule is CCCCc1nc2ccc(NC(=O)C3CC(O)CN3)cc2[nH]1.Cl.Cl. The molecule has 1 aromatic heterocycles. The third-order valence-electron chi connectivity index (χ3n) is 3.99. The lowest BCUT2D eigenvalue weighted by Gasteiger charge is -2.10. The fourth-order valence-electron chi connectivity index (χ4n) is 2.75. The highest BCUT2D eigenvalue weighted by Crippen LogP contribution is 2.19. The van der Waals surface area contributed by atoms with Crippen molar-refractivity contribution in [2.45, 2.75) is 44.8 Å². The zero-order valence-corrected chi connectivity index (χ0v) is 15.2. The number of nitrogens with one attached hydrogen (secondary N) is 3. The molecule has 1 amide bonds. The molecule has 0 spiro atoms. The lowest BCUT2D eigenvalue weighted by molar-refractivity contribution is -0.117. The first kappa shape index (κ1) is 20.7. The number of hydrogen-bond acceptors (Lipinski definition) is 4. The van der Waals surface area contributed by atoms with Gasteiger partial charge in [0.25, 0.3) is 0 Å². The Hall–Kier alpha value is -1.34. The van der Waals surface area contributed by atoms with E-state index in [1.54, 1.807) is 0 Å². The number of carbonyl (C=O) groups is 1. The van der Waals surface area contributed by atoms with Crippen LogP contribution in [0.4, 0.5) is 5.69 Å². The van der Waals surface area contributed by atoms with E-state index in [9.17, 15) is 9.90 Å². The summed E-state index contributed by atoms with van der Waals surface area (Å²) in [4.78, 5) is 20.0. The fourth-order valence-corrected chi connectivity index (χ4v) is 2.75. The van der Waals surface area contributed by atoms with Gasteiger partial charge in [-0.1, -0.05) is 13.3 Å². The maximum atomic E-state index is 12.1. The van der Waals surface area contributed by atoms with Crippen LogP contribution in [0.25, 0.3) is 11.0 Å². The largest absolute Gasteiger partial charge is 0.392 e. The molecule has 1 aliphatic heterocycles. The fraction of sp³-hybridized carbons (Fsp3) is 0.500. The number of carbonyl (C=O) groups excluding carboxylic acids is 1. The first-order chi connectivity index (χ1) is 10.7. The van der Waals surface area contributed by atoms with E-state index in [1.165, 1.54) is 0 Å². The maximum absolute atomic E-state index is 12.1. The Morgan fingerprint density at radius 2 is 2.21 bits per heavy atom. The maximum Gasteiger partial charge on any atom is 0.241 e. The van der Waals surface area contributed by atoms with Crippen LogP contribution >= 0.6 is 24.8 Å². The number of aliphatic hydroxyl groups is 1. The van der Waals surface area contributed by atoms with Crippen molar-refractivity contribution >= 4 is 47.4 Å². The summed E-state index contributed by atoms with van der Waals surface area (Å²) in [6.45, 7) is 2.63. The predicted octanol–water partition coefficient (Wildman–Crippen LogP) is 2.41. The standard InChI is InChI=1S/C16H22N4O2.2ClH/c1-2-3-4-15-19-12-6-5-10(7-13(12)20-15)18-16(22)14-8-11(21)9-17-14;;/h5-7,11,14,17,21H,2-4,8-9H2,1H3,(H,18,22)(H,19,20);2*1H. The average molecular weight is 375 g/mol. The number of aryl methyl sites for hydroxylation is 1. The summed E-state index contributed by atoms with van der Waals surface area (Å²) in [6.07, 6.45) is 3.21. The minimum atomic E-state index is -0.438. The van der Waals surface area contributed by atoms with Gasteiger partial charge < -0.3 is 20.7 Å². The highest BCUT2D eigenvalue weighted by Gasteiger charge is 2.27. The predicted molar refractivity (Wildman–Crippen MR) is 100 cm³/mol. The molecule has 3 rings (SSSR count). The lowest BCUT2D eigenvalue weighted by atomic mass is 10.2. The van der Waals surface area contributed by atoms with Gasteiger partial charge in [0.2, 0.25) is 5.91 Å². The summed E-state index contributed by atoms with van der Waals surface area (Å²) < 4.78 is 0. The molecule has 0 radical (unpaired) electrons. The van der Waals surface area contributed by atoms with Gasteiger partial charge in [-0.2, -0.15) is 0 Å². The van der Waals surface area contributed by atoms with Crippen LogP contribution in [0.3, 0.4) is 0 Å². The van der Waals surface area contributed by atoms with Crippen molar-refractivity contribution in [1.82, 2.24) is 15.3 Å². The topological polar surface area (TPSA) is 90.0 Å². The number of anilines is 1. The summed E-state index contributed by atoms with van der Waals surface area (Å²) >= 11 is 0. The van der Waals surface area contributed by atoms with E-state index in [4.69, 9.17) is 0 Å². The summed E-state index contributed by atoms with van der Waals surface area (Å²) in [5, 5.41) is 15.4. The molecule has 1 aromatic carbocycles. The Labute approximate surface area is 153 Å². The molecule has 0 bridgehead atoms. The molecule has 2 aromatic rings. The second-order valence-electron chi connectivity index (χ2n) is 5.86. The van der Waals surface area contributed by atoms with Crippen molar-refractivity contribution in [3.63, 3.8) is 0 Å². The van der Waals surface area contributed by atoms with Crippen LogP contribution in [-0.4, -0.2) is 39.7 Å². The first-order valence-corrected chi connectivity index (χ1v) is 7.86. The minimum Gasteiger partial charge on any atom is -0.392 e. The van der Waals surface area contributed by atoms with Crippen LogP contribution in [-0.2, 0) is 11.2 Å². The van der Waals surface area contributed by atoms with Gasteiger partial charge in [0.15, 0.2) is 0 Å². The molecule has 24 heavy (non-hydrogen) atoms. The van der Waals surface area contributed by atoms with Gasteiger partial charge in [-0.05, 0) is 31.0 Å². The lowest BCUT2D eigenvalue weighted by Crippen LogP contribution is -2.35. The van der Waals surface area contributed by atoms with E-state index in [0.717, 1.165) is 41.8 Å². The van der Waals surface area contributed by atoms with Gasteiger partial charge in [0.05, 0.1) is 23.2 Å². The van der Waals surface area contributed by atoms with Crippen LogP contribution in [0.5, 0.6) is 0 Å². The van der Waals surface area contributed by atoms with Gasteiger partial charge in [0, 0.05) is 18.7 Å². The molecule has 4 N–H and O–H groups in total. The molecule has 6 nitrogen and oxygen atoms in total. The molecule has 1 aliphatic rings. The molecule has 0 saturated carbocycles. The molecule has 2 atom stereocenters. The van der Waals surface area contributed by atoms with Gasteiger partial charge in [-0.25, -0.2) is 4.98 Å². The summed E-state index contributed by atoms with van der Waals surface area (Å²) in [5.41, 5.74) is 2.59. The number of unbranched alkanes of at least 4 members (excludes halogenated alkanes) is 1. The number of hydrogen-bond donors (Lipinski definition) is 4. The number of nitrogens with zero attached hydrogens (tertiary/aromatic N) is 1. The van der Waals surface area contributed by atoms with Gasteiger partial charge >= 0.3 is 0 Å². The quantitative estimate of drug-likeness (QED) is 0.646. The number of fused-ring (bicyclic) bond motifs is 1. The van der Waals surface area contributed by atoms with Crippen LogP contribution < -0.4 is 10.6 Å². The van der Waals surface area contributed by atoms with E-state index >= 15 is 0 Å². The monoisotopic (exact) mass is 374 g/mol. The average Bonchev–Trinajstić information content (AvgIpc) is 3.10. The van der Waals surface area contributed by atoms with Crippen molar-refractivity contribution in [1.29, 1.82) is 0 Å². The third kappa shape index (κ3) is 4.83. The number of β-amino-alcohol motifs (C(OH)–C–C–N with tert-alkyl or cyclic N) is 1. The third-order valence-corrected chi connectivity index (χ3v) is 3.99. The Morgan fingerprint density at radius 3 is 2.88 bits per heavy atom. The van der Waals surface area contributed by atoms with E-state index < -0.39 is 6.10 Å². The van der Waals surface area contributed by atoms with Crippen molar-refractivity contribution in [2.24, 2.45) is 0 Å². The minimum absolute atomic E-state index is 0. The molecule has 134 valence electrons. The van der Waals surface area contributed by atoms with E-state index in [2.05, 4.69) is 27.5 Å². The van der Waals surface area contributed by atoms with Crippen LogP contribution in [0.1, 0.15) is 32.0 Å². The Morgan fingerprint density at radius 1 is 1.42 bits per heavy atom. The van der Waals surface area contributed by atoms with Crippen LogP contribution in [0.15, 0.2) is 18.2 Å². The molecule has 2 heterocycles. The van der Waals surface area contributed by atoms with Gasteiger partial charge in [0.1, 0.15) is 5.82 Å². The normalized spacial score (nSPS) is 19.6. The Kier molecular flexibility index (Phi) is 7.96. The van der Waals surface area contributed by atoms with E-state index in [0.29, 0.717) is 13.0 Å². The van der Waals surface area contributed by atoms with Crippen LogP contribution in [0, 0.1) is 0 Å². The number of imidazole rings is 1. The molecule has 1 saturated heterocycles. The summed E-state index contributed by atoms with van der Waals surface area (Å²) in [7, 11) is 0. The number of amides is 1. The second-order valence-corrected chi connectivity index (χ2v) is 5.86. The Balaban J connectivity index is 0.00000144. The highest BCUT2D eigenvalue weighted by molar-refractivity contribution is 5.96. The van der Waals surface area contributed by atoms with Crippen molar-refractivity contribution in [3.05, 3.63) is 24.0 Å². The smallest absolute Gasteiger partial charge is 0.241 e. The molecule has 8 heteroatoms. The van der Waals surface area contributed by atoms with Gasteiger partial charge in [-0.15, -0.1) is 24.8 Å². The number of aromatic nitrogens is 2. The van der Waals surface area contributed by atoms with Gasteiger partial charge in [-0.3, -0.25) is 4.79 Å². The summed E-state index contributed by atoms with van der Waals surface area (Å²) in [6, 6.07) is 5.35. The van der Waals surface area contributed by atoms with Crippen LogP contribution in [0.2, 0.25) is 0 Å². The van der Waals surface area contributed by atoms with Crippen molar-refractivity contribution < 1.29 is 9.90 Å². The second kappa shape index (κ2) is 9.22. The molecule has 0 aliphatic carbocycles. The number of benzene rings is 1.